The highest BCUT2D eigenvalue weighted by molar-refractivity contribution is 5.84. The number of rotatable bonds is 3. The molecule has 2 atom stereocenters. The molecule has 1 fully saturated rings. The van der Waals surface area contributed by atoms with Crippen molar-refractivity contribution >= 4 is 29.1 Å². The number of aromatic nitrogens is 2. The molecule has 10 heteroatoms. The van der Waals surface area contributed by atoms with Crippen LogP contribution < -0.4 is 9.64 Å². The molecule has 8 nitrogen and oxygen atoms in total. The Balaban J connectivity index is 1.50. The molecule has 1 N–H and O–H groups in total. The van der Waals surface area contributed by atoms with Crippen molar-refractivity contribution in [3.05, 3.63) is 94.4 Å². The third kappa shape index (κ3) is 7.10. The number of aryl methyl sites for hydroxylation is 1. The maximum atomic E-state index is 14.4. The summed E-state index contributed by atoms with van der Waals surface area (Å²) in [5.74, 6) is -2.00. The molecule has 0 amide bonds. The van der Waals surface area contributed by atoms with Gasteiger partial charge in [-0.3, -0.25) is 4.40 Å². The van der Waals surface area contributed by atoms with Crippen molar-refractivity contribution in [2.24, 2.45) is 0 Å². The van der Waals surface area contributed by atoms with Crippen LogP contribution in [0.5, 0.6) is 5.75 Å². The normalized spacial score (nSPS) is 24.0. The molecule has 254 valence electrons. The summed E-state index contributed by atoms with van der Waals surface area (Å²) in [6.07, 6.45) is 13.9. The molecule has 48 heavy (non-hydrogen) atoms. The molecule has 0 unspecified atom stereocenters. The lowest BCUT2D eigenvalue weighted by molar-refractivity contribution is -0.160. The number of hydrogen-bond acceptors (Lipinski definition) is 6. The largest absolute Gasteiger partial charge is 0.490 e. The minimum atomic E-state index is -1.20. The van der Waals surface area contributed by atoms with E-state index in [0.29, 0.717) is 48.6 Å². The molecule has 1 saturated heterocycles. The average molecular weight is 660 g/mol. The van der Waals surface area contributed by atoms with Crippen LogP contribution in [0, 0.1) is 18.6 Å². The molecule has 0 spiro atoms. The molecule has 0 radical (unpaired) electrons. The number of pyridine rings is 1. The predicted molar refractivity (Wildman–Crippen MR) is 182 cm³/mol. The topological polar surface area (TPSA) is 85.5 Å². The number of carboxylic acid groups (broad SMARTS) is 1. The summed E-state index contributed by atoms with van der Waals surface area (Å²) in [5, 5.41) is 10.5. The average Bonchev–Trinajstić information content (AvgIpc) is 3.64. The lowest BCUT2D eigenvalue weighted by atomic mass is 9.92. The van der Waals surface area contributed by atoms with Gasteiger partial charge in [0.15, 0.2) is 17.7 Å². The quantitative estimate of drug-likeness (QED) is 0.285. The number of carbonyl (C=O) groups is 1. The van der Waals surface area contributed by atoms with E-state index >= 15 is 0 Å². The SMILES string of the molecule is Cc1cc2nc3cn2c(c1[C@H](OC(C)(C)C)C(=O)O)N1CCC(C)(CC1)OC/C=C\C[C@H](C)Oc1cc(F)c(F)cc1/C=C1/C=CC3=C1. The summed E-state index contributed by atoms with van der Waals surface area (Å²) in [6.45, 7) is 13.2. The molecule has 1 aromatic carbocycles. The minimum Gasteiger partial charge on any atom is -0.490 e. The van der Waals surface area contributed by atoms with Gasteiger partial charge in [-0.25, -0.2) is 18.6 Å². The maximum Gasteiger partial charge on any atom is 0.337 e. The fourth-order valence-corrected chi connectivity index (χ4v) is 6.47. The number of allylic oxidation sites excluding steroid dienone is 5. The highest BCUT2D eigenvalue weighted by atomic mass is 19.2. The van der Waals surface area contributed by atoms with E-state index in [1.54, 1.807) is 6.08 Å². The van der Waals surface area contributed by atoms with Gasteiger partial charge in [0.25, 0.3) is 0 Å². The van der Waals surface area contributed by atoms with Gasteiger partial charge >= 0.3 is 5.97 Å². The number of nitrogens with zero attached hydrogens (tertiary/aromatic N) is 3. The number of benzene rings is 1. The van der Waals surface area contributed by atoms with E-state index in [-0.39, 0.29) is 17.5 Å². The van der Waals surface area contributed by atoms with Gasteiger partial charge < -0.3 is 24.2 Å². The molecular weight excluding hydrogens is 616 g/mol. The van der Waals surface area contributed by atoms with E-state index < -0.39 is 29.3 Å². The van der Waals surface area contributed by atoms with E-state index in [1.807, 2.05) is 81.7 Å². The first kappa shape index (κ1) is 33.6. The third-order valence-corrected chi connectivity index (χ3v) is 8.99. The summed E-state index contributed by atoms with van der Waals surface area (Å²) in [4.78, 5) is 20.0. The number of hydrogen-bond donors (Lipinski definition) is 1. The van der Waals surface area contributed by atoms with Crippen LogP contribution in [0.4, 0.5) is 14.6 Å². The smallest absolute Gasteiger partial charge is 0.337 e. The second kappa shape index (κ2) is 13.0. The van der Waals surface area contributed by atoms with E-state index in [1.165, 1.54) is 0 Å². The Kier molecular flexibility index (Phi) is 9.08. The first-order chi connectivity index (χ1) is 22.7. The van der Waals surface area contributed by atoms with E-state index in [4.69, 9.17) is 19.2 Å². The number of aliphatic carboxylic acids is 1. The van der Waals surface area contributed by atoms with Gasteiger partial charge in [0.05, 0.1) is 29.6 Å². The molecule has 6 bridgehead atoms. The lowest BCUT2D eigenvalue weighted by Gasteiger charge is -2.41. The summed E-state index contributed by atoms with van der Waals surface area (Å²) in [5.41, 5.74) is 3.66. The van der Waals surface area contributed by atoms with E-state index in [0.717, 1.165) is 47.5 Å². The standard InChI is InChI=1S/C38H43F2N3O5/c1-23-17-32-41-30-22-43(32)35(33(23)34(36(44)45)48-37(3,4)5)42-14-12-38(6,13-15-42)46-16-8-7-9-24(2)47-31-21-29(40)28(39)20-27(31)19-25-10-11-26(30)18-25/h7-8,10-11,17-22,24,34H,9,12-16H2,1-6H3,(H,44,45)/b8-7-,25-19-/t24-,34-/m0/s1. The molecule has 2 aromatic heterocycles. The van der Waals surface area contributed by atoms with Gasteiger partial charge in [-0.1, -0.05) is 24.3 Å². The number of anilines is 1. The molecule has 3 aliphatic heterocycles. The molecule has 7 rings (SSSR count). The van der Waals surface area contributed by atoms with E-state index in [2.05, 4.69) is 11.8 Å². The molecule has 3 aromatic rings. The lowest BCUT2D eigenvalue weighted by Crippen LogP contribution is -2.45. The second-order valence-corrected chi connectivity index (χ2v) is 14.1. The van der Waals surface area contributed by atoms with Crippen molar-refractivity contribution in [1.29, 1.82) is 0 Å². The van der Waals surface area contributed by atoms with Crippen LogP contribution in [0.3, 0.4) is 0 Å². The molecular formula is C38H43F2N3O5. The Bertz CT molecular complexity index is 1860. The molecule has 1 aliphatic carbocycles. The Hall–Kier alpha value is -4.28. The minimum absolute atomic E-state index is 0.254. The summed E-state index contributed by atoms with van der Waals surface area (Å²) in [6, 6.07) is 4.14. The van der Waals surface area contributed by atoms with Crippen molar-refractivity contribution in [1.82, 2.24) is 9.38 Å². The Morgan fingerprint density at radius 1 is 1.10 bits per heavy atom. The van der Waals surface area contributed by atoms with Crippen LogP contribution in [0.2, 0.25) is 0 Å². The van der Waals surface area contributed by atoms with Gasteiger partial charge in [-0.05, 0) is 89.8 Å². The van der Waals surface area contributed by atoms with E-state index in [9.17, 15) is 18.7 Å². The van der Waals surface area contributed by atoms with Crippen LogP contribution in [-0.4, -0.2) is 57.5 Å². The van der Waals surface area contributed by atoms with Crippen molar-refractivity contribution in [3.63, 3.8) is 0 Å². The Morgan fingerprint density at radius 2 is 1.83 bits per heavy atom. The maximum absolute atomic E-state index is 14.4. The highest BCUT2D eigenvalue weighted by Crippen LogP contribution is 2.40. The predicted octanol–water partition coefficient (Wildman–Crippen LogP) is 8.00. The first-order valence-corrected chi connectivity index (χ1v) is 16.4. The first-order valence-electron chi connectivity index (χ1n) is 16.4. The Morgan fingerprint density at radius 3 is 2.54 bits per heavy atom. The fraction of sp³-hybridized carbons (Fsp3) is 0.421. The van der Waals surface area contributed by atoms with Crippen LogP contribution >= 0.6 is 0 Å². The number of carboxylic acids is 1. The van der Waals surface area contributed by atoms with Crippen LogP contribution in [0.15, 0.2) is 60.3 Å². The molecule has 5 heterocycles. The zero-order valence-corrected chi connectivity index (χ0v) is 28.3. The number of fused-ring (bicyclic) bond motifs is 7. The zero-order valence-electron chi connectivity index (χ0n) is 28.3. The van der Waals surface area contributed by atoms with Gasteiger partial charge in [0, 0.05) is 48.5 Å². The van der Waals surface area contributed by atoms with Gasteiger partial charge in [-0.15, -0.1) is 0 Å². The van der Waals surface area contributed by atoms with Crippen molar-refractivity contribution in [3.8, 4) is 5.75 Å². The molecule has 0 saturated carbocycles. The summed E-state index contributed by atoms with van der Waals surface area (Å²) >= 11 is 0. The van der Waals surface area contributed by atoms with Gasteiger partial charge in [0.2, 0.25) is 0 Å². The number of ether oxygens (including phenoxy) is 3. The van der Waals surface area contributed by atoms with Crippen LogP contribution in [0.1, 0.15) is 82.4 Å². The molecule has 4 aliphatic rings. The van der Waals surface area contributed by atoms with Crippen LogP contribution in [-0.2, 0) is 14.3 Å². The monoisotopic (exact) mass is 659 g/mol. The summed E-state index contributed by atoms with van der Waals surface area (Å²) in [7, 11) is 0. The number of halogens is 2. The van der Waals surface area contributed by atoms with Gasteiger partial charge in [0.1, 0.15) is 17.2 Å². The zero-order chi connectivity index (χ0) is 34.4. The van der Waals surface area contributed by atoms with Crippen molar-refractivity contribution in [2.75, 3.05) is 24.6 Å². The van der Waals surface area contributed by atoms with Crippen molar-refractivity contribution < 1.29 is 32.9 Å². The second-order valence-electron chi connectivity index (χ2n) is 14.1. The number of imidazole rings is 1. The van der Waals surface area contributed by atoms with Crippen LogP contribution in [0.25, 0.3) is 17.3 Å². The van der Waals surface area contributed by atoms with Gasteiger partial charge in [-0.2, -0.15) is 0 Å². The third-order valence-electron chi connectivity index (χ3n) is 8.99. The highest BCUT2D eigenvalue weighted by Gasteiger charge is 2.37. The summed E-state index contributed by atoms with van der Waals surface area (Å²) < 4.78 is 49.4. The number of piperidine rings is 1. The van der Waals surface area contributed by atoms with Crippen molar-refractivity contribution in [2.45, 2.75) is 84.2 Å². The fourth-order valence-electron chi connectivity index (χ4n) is 6.47. The Labute approximate surface area is 280 Å².